The number of amides is 3. The number of fused-ring (bicyclic) bond motifs is 1. The zero-order valence-electron chi connectivity index (χ0n) is 40.5. The van der Waals surface area contributed by atoms with Crippen molar-refractivity contribution in [3.63, 3.8) is 0 Å². The first-order valence-corrected chi connectivity index (χ1v) is 26.6. The Morgan fingerprint density at radius 1 is 0.803 bits per heavy atom. The van der Waals surface area contributed by atoms with Crippen LogP contribution in [0.15, 0.2) is 81.5 Å². The third kappa shape index (κ3) is 14.5. The molecule has 1 atom stereocenters. The van der Waals surface area contributed by atoms with Crippen molar-refractivity contribution >= 4 is 56.9 Å². The van der Waals surface area contributed by atoms with E-state index >= 15 is 4.79 Å². The molecule has 2 aliphatic rings. The van der Waals surface area contributed by atoms with Crippen LogP contribution in [0.5, 0.6) is 11.5 Å². The van der Waals surface area contributed by atoms with Crippen LogP contribution < -0.4 is 14.8 Å². The number of thioether (sulfide) groups is 1. The van der Waals surface area contributed by atoms with Crippen LogP contribution in [0.3, 0.4) is 0 Å². The lowest BCUT2D eigenvalue weighted by Crippen LogP contribution is -2.59. The van der Waals surface area contributed by atoms with Gasteiger partial charge < -0.3 is 19.5 Å². The van der Waals surface area contributed by atoms with Crippen LogP contribution in [0.4, 0.5) is 16.2 Å². The van der Waals surface area contributed by atoms with Crippen LogP contribution in [-0.2, 0) is 29.8 Å². The SMILES string of the molecule is CCCCCCCCCCCCCCCCCCN1C(C(C(=O)Nc2cc(C(C)(C)C)ccc2SCCCOc2ccc(OC)cc2)N2C(=O)OC(C)(C)C2=O)=Nc2ccccc2S1(=O)=O. The van der Waals surface area contributed by atoms with Gasteiger partial charge >= 0.3 is 6.09 Å². The minimum Gasteiger partial charge on any atom is -0.497 e. The van der Waals surface area contributed by atoms with Crippen LogP contribution in [-0.4, -0.2) is 79.0 Å². The molecule has 0 saturated carbocycles. The summed E-state index contributed by atoms with van der Waals surface area (Å²) in [4.78, 5) is 49.1. The number of cyclic esters (lactones) is 1. The molecule has 2 heterocycles. The Morgan fingerprint density at radius 3 is 1.94 bits per heavy atom. The second-order valence-electron chi connectivity index (χ2n) is 19.0. The number of imide groups is 1. The predicted octanol–water partition coefficient (Wildman–Crippen LogP) is 12.6. The molecule has 66 heavy (non-hydrogen) atoms. The molecule has 0 bridgehead atoms. The number of nitrogens with zero attached hydrogens (tertiary/aromatic N) is 3. The molecule has 0 aliphatic carbocycles. The van der Waals surface area contributed by atoms with Gasteiger partial charge in [0.1, 0.15) is 16.4 Å². The quantitative estimate of drug-likeness (QED) is 0.0555. The number of unbranched alkanes of at least 4 members (excludes halogenated alkanes) is 15. The van der Waals surface area contributed by atoms with Crippen LogP contribution in [0.1, 0.15) is 156 Å². The Morgan fingerprint density at radius 2 is 1.38 bits per heavy atom. The van der Waals surface area contributed by atoms with Crippen molar-refractivity contribution in [2.45, 2.75) is 178 Å². The number of sulfonamides is 1. The van der Waals surface area contributed by atoms with Gasteiger partial charge in [-0.1, -0.05) is 142 Å². The molecule has 1 unspecified atom stereocenters. The Labute approximate surface area is 399 Å². The number of carbonyl (C=O) groups excluding carboxylic acids is 3. The molecule has 3 amide bonds. The molecule has 12 nitrogen and oxygen atoms in total. The van der Waals surface area contributed by atoms with Gasteiger partial charge in [-0.2, -0.15) is 0 Å². The molecular formula is C52H74N4O8S2. The first kappa shape index (κ1) is 52.4. The van der Waals surface area contributed by atoms with E-state index in [0.29, 0.717) is 30.9 Å². The largest absolute Gasteiger partial charge is 0.497 e. The molecule has 362 valence electrons. The Bertz CT molecular complexity index is 2200. The van der Waals surface area contributed by atoms with Crippen molar-refractivity contribution < 1.29 is 37.0 Å². The monoisotopic (exact) mass is 946 g/mol. The van der Waals surface area contributed by atoms with Crippen molar-refractivity contribution in [3.05, 3.63) is 72.3 Å². The third-order valence-electron chi connectivity index (χ3n) is 12.1. The summed E-state index contributed by atoms with van der Waals surface area (Å²) < 4.78 is 47.0. The molecule has 14 heteroatoms. The van der Waals surface area contributed by atoms with E-state index < -0.39 is 39.6 Å². The highest BCUT2D eigenvalue weighted by atomic mass is 32.2. The molecule has 1 N–H and O–H groups in total. The van der Waals surface area contributed by atoms with Gasteiger partial charge in [-0.15, -0.1) is 11.8 Å². The summed E-state index contributed by atoms with van der Waals surface area (Å²) in [6.07, 6.45) is 18.4. The predicted molar refractivity (Wildman–Crippen MR) is 266 cm³/mol. The van der Waals surface area contributed by atoms with Crippen molar-refractivity contribution in [1.82, 2.24) is 9.21 Å². The fourth-order valence-corrected chi connectivity index (χ4v) is 10.7. The Kier molecular flexibility index (Phi) is 19.8. The lowest BCUT2D eigenvalue weighted by molar-refractivity contribution is -0.137. The van der Waals surface area contributed by atoms with Crippen molar-refractivity contribution in [2.75, 3.05) is 31.3 Å². The van der Waals surface area contributed by atoms with Crippen molar-refractivity contribution in [3.8, 4) is 11.5 Å². The van der Waals surface area contributed by atoms with Crippen LogP contribution in [0.2, 0.25) is 0 Å². The molecule has 3 aromatic rings. The number of amidine groups is 1. The second-order valence-corrected chi connectivity index (χ2v) is 21.9. The van der Waals surface area contributed by atoms with E-state index in [1.165, 1.54) is 102 Å². The molecule has 0 spiro atoms. The first-order valence-electron chi connectivity index (χ1n) is 24.2. The van der Waals surface area contributed by atoms with E-state index in [-0.39, 0.29) is 28.4 Å². The highest BCUT2D eigenvalue weighted by Gasteiger charge is 2.55. The number of hydrogen-bond donors (Lipinski definition) is 1. The maximum atomic E-state index is 15.0. The van der Waals surface area contributed by atoms with Gasteiger partial charge in [-0.25, -0.2) is 23.1 Å². The van der Waals surface area contributed by atoms with Crippen LogP contribution in [0, 0.1) is 0 Å². The number of rotatable bonds is 28. The molecule has 0 radical (unpaired) electrons. The Balaban J connectivity index is 1.32. The van der Waals surface area contributed by atoms with Gasteiger partial charge in [0.2, 0.25) is 0 Å². The van der Waals surface area contributed by atoms with E-state index in [0.717, 1.165) is 56.8 Å². The number of hydrogen-bond acceptors (Lipinski definition) is 10. The number of ether oxygens (including phenoxy) is 3. The zero-order chi connectivity index (χ0) is 47.7. The summed E-state index contributed by atoms with van der Waals surface area (Å²) in [5, 5.41) is 3.03. The number of anilines is 1. The third-order valence-corrected chi connectivity index (χ3v) is 15.2. The highest BCUT2D eigenvalue weighted by Crippen LogP contribution is 2.38. The van der Waals surface area contributed by atoms with Gasteiger partial charge in [0.05, 0.1) is 25.1 Å². The maximum Gasteiger partial charge on any atom is 0.418 e. The van der Waals surface area contributed by atoms with Gasteiger partial charge in [0.25, 0.3) is 21.8 Å². The lowest BCUT2D eigenvalue weighted by atomic mass is 9.87. The van der Waals surface area contributed by atoms with E-state index in [1.807, 2.05) is 42.5 Å². The van der Waals surface area contributed by atoms with E-state index in [9.17, 15) is 18.0 Å². The number of methoxy groups -OCH3 is 1. The van der Waals surface area contributed by atoms with Crippen molar-refractivity contribution in [2.24, 2.45) is 4.99 Å². The summed E-state index contributed by atoms with van der Waals surface area (Å²) >= 11 is 1.53. The number of benzene rings is 3. The number of para-hydroxylation sites is 1. The molecular weight excluding hydrogens is 873 g/mol. The van der Waals surface area contributed by atoms with Gasteiger partial charge in [0.15, 0.2) is 17.5 Å². The topological polar surface area (TPSA) is 144 Å². The summed E-state index contributed by atoms with van der Waals surface area (Å²) in [5.74, 6) is 0.326. The Hall–Kier alpha value is -4.56. The number of nitrogens with one attached hydrogen (secondary N) is 1. The van der Waals surface area contributed by atoms with E-state index in [1.54, 1.807) is 25.3 Å². The minimum atomic E-state index is -4.26. The summed E-state index contributed by atoms with van der Waals surface area (Å²) in [6.45, 7) is 11.8. The summed E-state index contributed by atoms with van der Waals surface area (Å²) in [5.41, 5.74) is -0.364. The second kappa shape index (κ2) is 25.0. The number of carbonyl (C=O) groups is 3. The highest BCUT2D eigenvalue weighted by molar-refractivity contribution is 7.99. The molecule has 1 fully saturated rings. The molecule has 3 aromatic carbocycles. The van der Waals surface area contributed by atoms with Crippen LogP contribution in [0.25, 0.3) is 0 Å². The summed E-state index contributed by atoms with van der Waals surface area (Å²) in [7, 11) is -2.65. The zero-order valence-corrected chi connectivity index (χ0v) is 42.1. The number of aliphatic imine (C=N–C) groups is 1. The average molecular weight is 947 g/mol. The lowest BCUT2D eigenvalue weighted by Gasteiger charge is -2.35. The summed E-state index contributed by atoms with van der Waals surface area (Å²) in [6, 6.07) is 17.8. The van der Waals surface area contributed by atoms with Crippen molar-refractivity contribution in [1.29, 1.82) is 0 Å². The van der Waals surface area contributed by atoms with E-state index in [2.05, 4.69) is 33.0 Å². The molecule has 2 aliphatic heterocycles. The van der Waals surface area contributed by atoms with Gasteiger partial charge in [-0.3, -0.25) is 13.9 Å². The van der Waals surface area contributed by atoms with Gasteiger partial charge in [0, 0.05) is 17.2 Å². The molecule has 1 saturated heterocycles. The van der Waals surface area contributed by atoms with Gasteiger partial charge in [-0.05, 0) is 86.2 Å². The fraction of sp³-hybridized carbons (Fsp3) is 0.577. The first-order chi connectivity index (χ1) is 31.6. The molecule has 5 rings (SSSR count). The van der Waals surface area contributed by atoms with Crippen LogP contribution >= 0.6 is 11.8 Å². The fourth-order valence-electron chi connectivity index (χ4n) is 8.21. The minimum absolute atomic E-state index is 0.00686. The van der Waals surface area contributed by atoms with E-state index in [4.69, 9.17) is 19.2 Å². The maximum absolute atomic E-state index is 15.0. The standard InChI is InChI=1S/C52H74N4O8S2/c1-8-9-10-11-12-13-14-15-16-17-18-19-20-21-22-25-35-55-47(53-42-27-23-24-28-45(42)66(55,60)61)46(56-49(58)52(5,6)64-50(56)59)48(57)54-43-38-39(51(2,3)4)29-34-44(43)65-37-26-36-63-41-32-30-40(62-7)31-33-41/h23-24,27-34,38,46H,8-22,25-26,35-37H2,1-7H3,(H,54,57). The average Bonchev–Trinajstić information content (AvgIpc) is 3.48. The normalized spacial score (nSPS) is 15.8. The molecule has 0 aromatic heterocycles. The smallest absolute Gasteiger partial charge is 0.418 e.